The highest BCUT2D eigenvalue weighted by Gasteiger charge is 2.45. The number of ether oxygens (including phenoxy) is 1. The third kappa shape index (κ3) is 3.14. The average molecular weight is 283 g/mol. The molecule has 20 heavy (non-hydrogen) atoms. The van der Waals surface area contributed by atoms with Crippen LogP contribution in [0.1, 0.15) is 40.5 Å². The van der Waals surface area contributed by atoms with Crippen LogP contribution in [0.5, 0.6) is 0 Å². The Balaban J connectivity index is 2.12. The fourth-order valence-electron chi connectivity index (χ4n) is 3.69. The smallest absolute Gasteiger partial charge is 0.307 e. The van der Waals surface area contributed by atoms with Gasteiger partial charge in [0, 0.05) is 13.1 Å². The van der Waals surface area contributed by atoms with Crippen molar-refractivity contribution in [1.82, 2.24) is 4.90 Å². The fourth-order valence-corrected chi connectivity index (χ4v) is 3.69. The molecule has 1 saturated carbocycles. The van der Waals surface area contributed by atoms with Crippen LogP contribution in [0.3, 0.4) is 0 Å². The number of amides is 1. The molecule has 5 nitrogen and oxygen atoms in total. The predicted octanol–water partition coefficient (Wildman–Crippen LogP) is 1.76. The van der Waals surface area contributed by atoms with E-state index in [0.717, 1.165) is 0 Å². The van der Waals surface area contributed by atoms with E-state index in [9.17, 15) is 14.7 Å². The van der Waals surface area contributed by atoms with Crippen LogP contribution in [0.4, 0.5) is 0 Å². The summed E-state index contributed by atoms with van der Waals surface area (Å²) in [6.07, 6.45) is 1.28. The van der Waals surface area contributed by atoms with Gasteiger partial charge >= 0.3 is 5.97 Å². The van der Waals surface area contributed by atoms with Gasteiger partial charge < -0.3 is 14.7 Å². The molecule has 1 heterocycles. The van der Waals surface area contributed by atoms with Gasteiger partial charge in [0.25, 0.3) is 0 Å². The molecule has 2 fully saturated rings. The molecule has 1 N–H and O–H groups in total. The van der Waals surface area contributed by atoms with E-state index in [1.54, 1.807) is 4.90 Å². The molecule has 0 bridgehead atoms. The SMILES string of the molecule is CC1C[C@H](C(=O)N2CC(C)OC(C)(C)C2)[C@H](C(=O)O)C1. The Morgan fingerprint density at radius 3 is 2.35 bits per heavy atom. The normalized spacial score (nSPS) is 36.9. The number of hydrogen-bond donors (Lipinski definition) is 1. The van der Waals surface area contributed by atoms with Crippen LogP contribution in [0.15, 0.2) is 0 Å². The van der Waals surface area contributed by atoms with E-state index < -0.39 is 11.9 Å². The van der Waals surface area contributed by atoms with Gasteiger partial charge in [-0.25, -0.2) is 0 Å². The molecule has 114 valence electrons. The van der Waals surface area contributed by atoms with Gasteiger partial charge in [-0.05, 0) is 39.5 Å². The second kappa shape index (κ2) is 5.35. The second-order valence-corrected chi connectivity index (χ2v) is 7.03. The third-order valence-corrected chi connectivity index (χ3v) is 4.31. The molecule has 0 aromatic heterocycles. The fraction of sp³-hybridized carbons (Fsp3) is 0.867. The number of carbonyl (C=O) groups excluding carboxylic acids is 1. The zero-order valence-corrected chi connectivity index (χ0v) is 12.8. The first-order valence-electron chi connectivity index (χ1n) is 7.39. The number of rotatable bonds is 2. The maximum atomic E-state index is 12.7. The van der Waals surface area contributed by atoms with Gasteiger partial charge in [-0.1, -0.05) is 6.92 Å². The molecule has 1 amide bonds. The lowest BCUT2D eigenvalue weighted by molar-refractivity contribution is -0.165. The van der Waals surface area contributed by atoms with Crippen LogP contribution in [0.25, 0.3) is 0 Å². The Kier molecular flexibility index (Phi) is 4.09. The molecule has 2 rings (SSSR count). The van der Waals surface area contributed by atoms with Crippen LogP contribution >= 0.6 is 0 Å². The number of morpholine rings is 1. The molecule has 4 atom stereocenters. The molecule has 1 saturated heterocycles. The van der Waals surface area contributed by atoms with Crippen molar-refractivity contribution in [2.75, 3.05) is 13.1 Å². The standard InChI is InChI=1S/C15H25NO4/c1-9-5-11(12(6-9)14(18)19)13(17)16-7-10(2)20-15(3,4)8-16/h9-12H,5-8H2,1-4H3,(H,18,19)/t9?,10?,11-,12+/m0/s1. The number of carboxylic acids is 1. The summed E-state index contributed by atoms with van der Waals surface area (Å²) in [6, 6.07) is 0. The van der Waals surface area contributed by atoms with E-state index in [-0.39, 0.29) is 23.5 Å². The van der Waals surface area contributed by atoms with Crippen LogP contribution in [0.2, 0.25) is 0 Å². The van der Waals surface area contributed by atoms with Crippen molar-refractivity contribution in [3.63, 3.8) is 0 Å². The van der Waals surface area contributed by atoms with Crippen molar-refractivity contribution in [1.29, 1.82) is 0 Å². The molecule has 2 aliphatic rings. The van der Waals surface area contributed by atoms with Gasteiger partial charge in [0.2, 0.25) is 5.91 Å². The lowest BCUT2D eigenvalue weighted by atomic mass is 9.93. The van der Waals surface area contributed by atoms with E-state index in [4.69, 9.17) is 4.74 Å². The molecule has 2 unspecified atom stereocenters. The Morgan fingerprint density at radius 1 is 1.20 bits per heavy atom. The lowest BCUT2D eigenvalue weighted by Gasteiger charge is -2.42. The summed E-state index contributed by atoms with van der Waals surface area (Å²) in [6.45, 7) is 9.00. The summed E-state index contributed by atoms with van der Waals surface area (Å²) < 4.78 is 5.80. The second-order valence-electron chi connectivity index (χ2n) is 7.03. The number of aliphatic carboxylic acids is 1. The highest BCUT2D eigenvalue weighted by atomic mass is 16.5. The predicted molar refractivity (Wildman–Crippen MR) is 74.2 cm³/mol. The first-order valence-corrected chi connectivity index (χ1v) is 7.39. The van der Waals surface area contributed by atoms with Gasteiger partial charge in [-0.15, -0.1) is 0 Å². The van der Waals surface area contributed by atoms with Crippen molar-refractivity contribution < 1.29 is 19.4 Å². The molecule has 0 spiro atoms. The first-order chi connectivity index (χ1) is 9.19. The van der Waals surface area contributed by atoms with Crippen LogP contribution in [-0.2, 0) is 14.3 Å². The monoisotopic (exact) mass is 283 g/mol. The first kappa shape index (κ1) is 15.3. The quantitative estimate of drug-likeness (QED) is 0.838. The van der Waals surface area contributed by atoms with Crippen molar-refractivity contribution in [2.45, 2.75) is 52.2 Å². The number of nitrogens with zero attached hydrogens (tertiary/aromatic N) is 1. The van der Waals surface area contributed by atoms with Crippen LogP contribution in [-0.4, -0.2) is 46.7 Å². The summed E-state index contributed by atoms with van der Waals surface area (Å²) in [4.78, 5) is 25.8. The number of hydrogen-bond acceptors (Lipinski definition) is 3. The van der Waals surface area contributed by atoms with Crippen molar-refractivity contribution >= 4 is 11.9 Å². The van der Waals surface area contributed by atoms with Gasteiger partial charge in [0.05, 0.1) is 23.5 Å². The minimum atomic E-state index is -0.840. The van der Waals surface area contributed by atoms with Crippen molar-refractivity contribution in [3.05, 3.63) is 0 Å². The van der Waals surface area contributed by atoms with Crippen molar-refractivity contribution in [2.24, 2.45) is 17.8 Å². The Hall–Kier alpha value is -1.10. The molecule has 0 aromatic carbocycles. The highest BCUT2D eigenvalue weighted by molar-refractivity contribution is 5.85. The zero-order chi connectivity index (χ0) is 15.1. The zero-order valence-electron chi connectivity index (χ0n) is 12.8. The Bertz CT molecular complexity index is 407. The molecule has 0 aromatic rings. The summed E-state index contributed by atoms with van der Waals surface area (Å²) in [5.41, 5.74) is -0.365. The number of carbonyl (C=O) groups is 2. The average Bonchev–Trinajstić information content (AvgIpc) is 2.67. The van der Waals surface area contributed by atoms with E-state index in [0.29, 0.717) is 31.8 Å². The highest BCUT2D eigenvalue weighted by Crippen LogP contribution is 2.38. The molecule has 1 aliphatic carbocycles. The molecule has 0 radical (unpaired) electrons. The minimum absolute atomic E-state index is 0.00928. The summed E-state index contributed by atoms with van der Waals surface area (Å²) >= 11 is 0. The number of carboxylic acid groups (broad SMARTS) is 1. The Morgan fingerprint density at radius 2 is 1.80 bits per heavy atom. The van der Waals surface area contributed by atoms with E-state index in [1.807, 2.05) is 27.7 Å². The maximum Gasteiger partial charge on any atom is 0.307 e. The summed E-state index contributed by atoms with van der Waals surface area (Å²) in [7, 11) is 0. The summed E-state index contributed by atoms with van der Waals surface area (Å²) in [5.74, 6) is -1.45. The van der Waals surface area contributed by atoms with E-state index in [1.165, 1.54) is 0 Å². The lowest BCUT2D eigenvalue weighted by Crippen LogP contribution is -2.55. The third-order valence-electron chi connectivity index (χ3n) is 4.31. The van der Waals surface area contributed by atoms with Gasteiger partial charge in [0.15, 0.2) is 0 Å². The van der Waals surface area contributed by atoms with Crippen LogP contribution in [0, 0.1) is 17.8 Å². The van der Waals surface area contributed by atoms with E-state index in [2.05, 4.69) is 0 Å². The topological polar surface area (TPSA) is 66.8 Å². The van der Waals surface area contributed by atoms with Gasteiger partial charge in [-0.3, -0.25) is 9.59 Å². The van der Waals surface area contributed by atoms with Gasteiger partial charge in [-0.2, -0.15) is 0 Å². The molecular formula is C15H25NO4. The largest absolute Gasteiger partial charge is 0.481 e. The maximum absolute atomic E-state index is 12.7. The molecular weight excluding hydrogens is 258 g/mol. The Labute approximate surface area is 120 Å². The molecule has 5 heteroatoms. The van der Waals surface area contributed by atoms with Gasteiger partial charge in [0.1, 0.15) is 0 Å². The van der Waals surface area contributed by atoms with Crippen molar-refractivity contribution in [3.8, 4) is 0 Å². The van der Waals surface area contributed by atoms with E-state index >= 15 is 0 Å². The van der Waals surface area contributed by atoms with Crippen LogP contribution < -0.4 is 0 Å². The summed E-state index contributed by atoms with van der Waals surface area (Å²) in [5, 5.41) is 9.31. The minimum Gasteiger partial charge on any atom is -0.481 e. The molecule has 1 aliphatic heterocycles.